The molecule has 0 saturated carbocycles. The molecule has 0 unspecified atom stereocenters. The first-order chi connectivity index (χ1) is 7.68. The van der Waals surface area contributed by atoms with Crippen LogP contribution in [0.4, 0.5) is 0 Å². The van der Waals surface area contributed by atoms with E-state index >= 15 is 0 Å². The molecular formula is C12H19N3O. The lowest BCUT2D eigenvalue weighted by atomic mass is 10.1. The highest BCUT2D eigenvalue weighted by molar-refractivity contribution is 5.92. The van der Waals surface area contributed by atoms with Gasteiger partial charge in [-0.15, -0.1) is 0 Å². The molecule has 4 heteroatoms. The topological polar surface area (TPSA) is 38.1 Å². The molecule has 1 amide bonds. The Morgan fingerprint density at radius 3 is 2.56 bits per heavy atom. The minimum atomic E-state index is 0.0825. The Morgan fingerprint density at radius 2 is 2.00 bits per heavy atom. The summed E-state index contributed by atoms with van der Waals surface area (Å²) >= 11 is 0. The SMILES string of the molecule is CC(C)n1ccc(C(=O)N2CCCCC2)n1. The number of hydrogen-bond acceptors (Lipinski definition) is 2. The van der Waals surface area contributed by atoms with E-state index in [1.54, 1.807) is 0 Å². The highest BCUT2D eigenvalue weighted by Gasteiger charge is 2.20. The Kier molecular flexibility index (Phi) is 3.27. The van der Waals surface area contributed by atoms with Crippen LogP contribution in [0.3, 0.4) is 0 Å². The van der Waals surface area contributed by atoms with E-state index in [9.17, 15) is 4.79 Å². The number of hydrogen-bond donors (Lipinski definition) is 0. The third kappa shape index (κ3) is 2.26. The Labute approximate surface area is 96.2 Å². The molecule has 1 fully saturated rings. The smallest absolute Gasteiger partial charge is 0.274 e. The summed E-state index contributed by atoms with van der Waals surface area (Å²) in [4.78, 5) is 14.0. The molecule has 1 aromatic rings. The lowest BCUT2D eigenvalue weighted by molar-refractivity contribution is 0.0717. The van der Waals surface area contributed by atoms with Gasteiger partial charge in [0.2, 0.25) is 0 Å². The summed E-state index contributed by atoms with van der Waals surface area (Å²) in [6, 6.07) is 2.12. The van der Waals surface area contributed by atoms with Gasteiger partial charge in [0, 0.05) is 25.3 Å². The fraction of sp³-hybridized carbons (Fsp3) is 0.667. The molecule has 0 atom stereocenters. The number of carbonyl (C=O) groups excluding carboxylic acids is 1. The average molecular weight is 221 g/mol. The predicted molar refractivity (Wildman–Crippen MR) is 62.4 cm³/mol. The Balaban J connectivity index is 2.07. The Hall–Kier alpha value is -1.32. The second-order valence-electron chi connectivity index (χ2n) is 4.63. The van der Waals surface area contributed by atoms with Crippen LogP contribution in [0.5, 0.6) is 0 Å². The maximum absolute atomic E-state index is 12.1. The molecule has 0 bridgehead atoms. The number of nitrogens with zero attached hydrogens (tertiary/aromatic N) is 3. The van der Waals surface area contributed by atoms with Crippen molar-refractivity contribution in [2.24, 2.45) is 0 Å². The van der Waals surface area contributed by atoms with E-state index in [-0.39, 0.29) is 5.91 Å². The molecule has 0 N–H and O–H groups in total. The summed E-state index contributed by atoms with van der Waals surface area (Å²) in [5.74, 6) is 0.0825. The van der Waals surface area contributed by atoms with E-state index < -0.39 is 0 Å². The van der Waals surface area contributed by atoms with Gasteiger partial charge in [0.1, 0.15) is 5.69 Å². The first kappa shape index (κ1) is 11.2. The van der Waals surface area contributed by atoms with Gasteiger partial charge in [0.15, 0.2) is 0 Å². The van der Waals surface area contributed by atoms with Crippen molar-refractivity contribution in [3.8, 4) is 0 Å². The third-order valence-corrected chi connectivity index (χ3v) is 3.00. The summed E-state index contributed by atoms with van der Waals surface area (Å²) in [5.41, 5.74) is 0.579. The van der Waals surface area contributed by atoms with Crippen molar-refractivity contribution in [1.29, 1.82) is 0 Å². The predicted octanol–water partition coefficient (Wildman–Crippen LogP) is 2.09. The molecule has 1 aromatic heterocycles. The van der Waals surface area contributed by atoms with Crippen LogP contribution in [0.15, 0.2) is 12.3 Å². The highest BCUT2D eigenvalue weighted by Crippen LogP contribution is 2.13. The van der Waals surface area contributed by atoms with Crippen molar-refractivity contribution in [3.63, 3.8) is 0 Å². The molecule has 0 aromatic carbocycles. The molecular weight excluding hydrogens is 202 g/mol. The van der Waals surface area contributed by atoms with Crippen molar-refractivity contribution in [1.82, 2.24) is 14.7 Å². The molecule has 0 spiro atoms. The van der Waals surface area contributed by atoms with E-state index in [2.05, 4.69) is 18.9 Å². The number of piperidine rings is 1. The molecule has 1 saturated heterocycles. The zero-order chi connectivity index (χ0) is 11.5. The van der Waals surface area contributed by atoms with Crippen LogP contribution in [-0.4, -0.2) is 33.7 Å². The molecule has 16 heavy (non-hydrogen) atoms. The largest absolute Gasteiger partial charge is 0.337 e. The fourth-order valence-electron chi connectivity index (χ4n) is 2.00. The van der Waals surface area contributed by atoms with Gasteiger partial charge in [-0.05, 0) is 39.2 Å². The molecule has 0 aliphatic carbocycles. The molecule has 88 valence electrons. The number of aromatic nitrogens is 2. The fourth-order valence-corrected chi connectivity index (χ4v) is 2.00. The number of likely N-dealkylation sites (tertiary alicyclic amines) is 1. The Morgan fingerprint density at radius 1 is 1.31 bits per heavy atom. The standard InChI is InChI=1S/C12H19N3O/c1-10(2)15-9-6-11(13-15)12(16)14-7-4-3-5-8-14/h6,9-10H,3-5,7-8H2,1-2H3. The summed E-state index contributed by atoms with van der Waals surface area (Å²) < 4.78 is 1.83. The van der Waals surface area contributed by atoms with Crippen molar-refractivity contribution in [2.75, 3.05) is 13.1 Å². The molecule has 4 nitrogen and oxygen atoms in total. The number of carbonyl (C=O) groups is 1. The van der Waals surface area contributed by atoms with Gasteiger partial charge in [-0.1, -0.05) is 0 Å². The zero-order valence-electron chi connectivity index (χ0n) is 10.0. The zero-order valence-corrected chi connectivity index (χ0v) is 10.0. The van der Waals surface area contributed by atoms with Crippen LogP contribution in [0.25, 0.3) is 0 Å². The van der Waals surface area contributed by atoms with Crippen LogP contribution in [0.1, 0.15) is 49.6 Å². The lowest BCUT2D eigenvalue weighted by Gasteiger charge is -2.25. The van der Waals surface area contributed by atoms with Crippen molar-refractivity contribution < 1.29 is 4.79 Å². The van der Waals surface area contributed by atoms with E-state index in [0.717, 1.165) is 25.9 Å². The van der Waals surface area contributed by atoms with Gasteiger partial charge < -0.3 is 4.90 Å². The average Bonchev–Trinajstić information content (AvgIpc) is 2.78. The molecule has 1 aliphatic rings. The van der Waals surface area contributed by atoms with Crippen LogP contribution >= 0.6 is 0 Å². The number of rotatable bonds is 2. The highest BCUT2D eigenvalue weighted by atomic mass is 16.2. The second kappa shape index (κ2) is 4.68. The third-order valence-electron chi connectivity index (χ3n) is 3.00. The van der Waals surface area contributed by atoms with Crippen LogP contribution < -0.4 is 0 Å². The van der Waals surface area contributed by atoms with Crippen molar-refractivity contribution in [2.45, 2.75) is 39.2 Å². The first-order valence-electron chi connectivity index (χ1n) is 6.03. The van der Waals surface area contributed by atoms with Gasteiger partial charge in [-0.25, -0.2) is 0 Å². The Bertz CT molecular complexity index is 364. The van der Waals surface area contributed by atoms with Crippen LogP contribution in [0, 0.1) is 0 Å². The second-order valence-corrected chi connectivity index (χ2v) is 4.63. The van der Waals surface area contributed by atoms with E-state index in [4.69, 9.17) is 0 Å². The van der Waals surface area contributed by atoms with Gasteiger partial charge >= 0.3 is 0 Å². The minimum absolute atomic E-state index is 0.0825. The van der Waals surface area contributed by atoms with E-state index in [1.165, 1.54) is 6.42 Å². The van der Waals surface area contributed by atoms with Crippen molar-refractivity contribution >= 4 is 5.91 Å². The number of amides is 1. The van der Waals surface area contributed by atoms with Crippen LogP contribution in [0.2, 0.25) is 0 Å². The minimum Gasteiger partial charge on any atom is -0.337 e. The first-order valence-corrected chi connectivity index (χ1v) is 6.03. The molecule has 0 radical (unpaired) electrons. The molecule has 2 heterocycles. The maximum atomic E-state index is 12.1. The summed E-state index contributed by atoms with van der Waals surface area (Å²) in [7, 11) is 0. The van der Waals surface area contributed by atoms with Gasteiger partial charge in [0.25, 0.3) is 5.91 Å². The van der Waals surface area contributed by atoms with E-state index in [0.29, 0.717) is 11.7 Å². The summed E-state index contributed by atoms with van der Waals surface area (Å²) in [6.07, 6.45) is 5.36. The summed E-state index contributed by atoms with van der Waals surface area (Å²) in [6.45, 7) is 5.88. The van der Waals surface area contributed by atoms with Gasteiger partial charge in [-0.2, -0.15) is 5.10 Å². The molecule has 2 rings (SSSR count). The maximum Gasteiger partial charge on any atom is 0.274 e. The van der Waals surface area contributed by atoms with Crippen molar-refractivity contribution in [3.05, 3.63) is 18.0 Å². The van der Waals surface area contributed by atoms with Crippen LogP contribution in [-0.2, 0) is 0 Å². The van der Waals surface area contributed by atoms with E-state index in [1.807, 2.05) is 21.8 Å². The summed E-state index contributed by atoms with van der Waals surface area (Å²) in [5, 5.41) is 4.31. The van der Waals surface area contributed by atoms with Gasteiger partial charge in [0.05, 0.1) is 0 Å². The quantitative estimate of drug-likeness (QED) is 0.767. The molecule has 1 aliphatic heterocycles. The lowest BCUT2D eigenvalue weighted by Crippen LogP contribution is -2.35. The normalized spacial score (nSPS) is 16.8. The van der Waals surface area contributed by atoms with Gasteiger partial charge in [-0.3, -0.25) is 9.48 Å². The monoisotopic (exact) mass is 221 g/mol.